The Kier molecular flexibility index (Phi) is 1.53. The van der Waals surface area contributed by atoms with Crippen molar-refractivity contribution in [2.75, 3.05) is 5.32 Å². The van der Waals surface area contributed by atoms with Crippen molar-refractivity contribution >= 4 is 23.3 Å². The van der Waals surface area contributed by atoms with Crippen molar-refractivity contribution in [3.8, 4) is 0 Å². The summed E-state index contributed by atoms with van der Waals surface area (Å²) in [4.78, 5) is 15.3. The van der Waals surface area contributed by atoms with E-state index in [4.69, 9.17) is 11.6 Å². The first-order valence-corrected chi connectivity index (χ1v) is 4.12. The van der Waals surface area contributed by atoms with Crippen LogP contribution >= 0.6 is 11.6 Å². The van der Waals surface area contributed by atoms with E-state index in [1.54, 1.807) is 13.8 Å². The minimum Gasteiger partial charge on any atom is -0.308 e. The number of aromatic nitrogens is 3. The number of amides is 1. The van der Waals surface area contributed by atoms with Gasteiger partial charge in [0, 0.05) is 0 Å². The first-order valence-electron chi connectivity index (χ1n) is 3.74. The highest BCUT2D eigenvalue weighted by molar-refractivity contribution is 6.28. The number of nitrogens with one attached hydrogen (secondary N) is 1. The van der Waals surface area contributed by atoms with Crippen molar-refractivity contribution in [3.63, 3.8) is 0 Å². The lowest BCUT2D eigenvalue weighted by Gasteiger charge is -2.11. The van der Waals surface area contributed by atoms with E-state index in [9.17, 15) is 4.79 Å². The largest absolute Gasteiger partial charge is 0.308 e. The standard InChI is InChI=1S/C7H7ClN4O/c1-7(2)3-4(9-5(7)13)10-6(8)12-11-3/h1-2H3,(H,9,10,12,13). The third kappa shape index (κ3) is 1.07. The lowest BCUT2D eigenvalue weighted by molar-refractivity contribution is -0.119. The summed E-state index contributed by atoms with van der Waals surface area (Å²) in [6, 6.07) is 0. The Balaban J connectivity index is 2.62. The fraction of sp³-hybridized carbons (Fsp3) is 0.429. The molecule has 1 aromatic heterocycles. The molecule has 1 aliphatic heterocycles. The topological polar surface area (TPSA) is 67.8 Å². The Labute approximate surface area is 79.5 Å². The summed E-state index contributed by atoms with van der Waals surface area (Å²) in [6.45, 7) is 3.52. The molecule has 68 valence electrons. The highest BCUT2D eigenvalue weighted by atomic mass is 35.5. The predicted molar refractivity (Wildman–Crippen MR) is 46.5 cm³/mol. The second kappa shape index (κ2) is 2.38. The molecule has 1 N–H and O–H groups in total. The van der Waals surface area contributed by atoms with Gasteiger partial charge in [0.15, 0.2) is 5.82 Å². The molecular formula is C7H7ClN4O. The Bertz CT molecular complexity index is 390. The molecule has 0 bridgehead atoms. The number of nitrogens with zero attached hydrogens (tertiary/aromatic N) is 3. The van der Waals surface area contributed by atoms with Crippen LogP contribution < -0.4 is 5.32 Å². The van der Waals surface area contributed by atoms with Gasteiger partial charge in [-0.2, -0.15) is 4.98 Å². The lowest BCUT2D eigenvalue weighted by atomic mass is 9.91. The second-order valence-corrected chi connectivity index (χ2v) is 3.70. The number of carbonyl (C=O) groups is 1. The first-order chi connectivity index (χ1) is 6.01. The average Bonchev–Trinajstić information content (AvgIpc) is 2.23. The minimum absolute atomic E-state index is 0.0387. The quantitative estimate of drug-likeness (QED) is 0.668. The first kappa shape index (κ1) is 8.37. The highest BCUT2D eigenvalue weighted by Crippen LogP contribution is 2.33. The zero-order chi connectivity index (χ0) is 9.64. The zero-order valence-electron chi connectivity index (χ0n) is 7.13. The maximum absolute atomic E-state index is 11.4. The molecule has 1 aliphatic rings. The number of hydrogen-bond acceptors (Lipinski definition) is 4. The number of rotatable bonds is 0. The third-order valence-electron chi connectivity index (χ3n) is 2.05. The molecule has 0 unspecified atom stereocenters. The maximum Gasteiger partial charge on any atom is 0.244 e. The molecule has 2 heterocycles. The monoisotopic (exact) mass is 198 g/mol. The molecule has 5 nitrogen and oxygen atoms in total. The van der Waals surface area contributed by atoms with Crippen LogP contribution in [0.5, 0.6) is 0 Å². The van der Waals surface area contributed by atoms with E-state index < -0.39 is 5.41 Å². The van der Waals surface area contributed by atoms with E-state index >= 15 is 0 Å². The number of halogens is 1. The van der Waals surface area contributed by atoms with Crippen molar-refractivity contribution < 1.29 is 4.79 Å². The van der Waals surface area contributed by atoms with Gasteiger partial charge in [0.25, 0.3) is 0 Å². The summed E-state index contributed by atoms with van der Waals surface area (Å²) >= 11 is 5.53. The molecule has 13 heavy (non-hydrogen) atoms. The summed E-state index contributed by atoms with van der Waals surface area (Å²) in [5, 5.41) is 10.1. The molecule has 0 atom stereocenters. The molecule has 2 rings (SSSR count). The fourth-order valence-electron chi connectivity index (χ4n) is 1.19. The van der Waals surface area contributed by atoms with E-state index in [0.717, 1.165) is 0 Å². The van der Waals surface area contributed by atoms with Gasteiger partial charge in [-0.25, -0.2) is 0 Å². The molecule has 0 saturated heterocycles. The fourth-order valence-corrected chi connectivity index (χ4v) is 1.31. The van der Waals surface area contributed by atoms with E-state index in [1.165, 1.54) is 0 Å². The van der Waals surface area contributed by atoms with Crippen molar-refractivity contribution in [1.29, 1.82) is 0 Å². The molecule has 6 heteroatoms. The Morgan fingerprint density at radius 3 is 2.77 bits per heavy atom. The molecule has 1 amide bonds. The third-order valence-corrected chi connectivity index (χ3v) is 2.21. The van der Waals surface area contributed by atoms with Crippen molar-refractivity contribution in [2.24, 2.45) is 0 Å². The number of carbonyl (C=O) groups excluding carboxylic acids is 1. The van der Waals surface area contributed by atoms with Gasteiger partial charge in [-0.05, 0) is 25.4 Å². The normalized spacial score (nSPS) is 18.2. The van der Waals surface area contributed by atoms with E-state index in [0.29, 0.717) is 11.5 Å². The van der Waals surface area contributed by atoms with Gasteiger partial charge in [0.05, 0.1) is 5.41 Å². The van der Waals surface area contributed by atoms with Gasteiger partial charge in [0.1, 0.15) is 5.69 Å². The molecule has 1 aromatic rings. The van der Waals surface area contributed by atoms with Crippen LogP contribution in [-0.4, -0.2) is 21.1 Å². The number of fused-ring (bicyclic) bond motifs is 1. The van der Waals surface area contributed by atoms with E-state index in [1.807, 2.05) is 0 Å². The van der Waals surface area contributed by atoms with Gasteiger partial charge in [0.2, 0.25) is 11.2 Å². The Morgan fingerprint density at radius 1 is 1.38 bits per heavy atom. The summed E-state index contributed by atoms with van der Waals surface area (Å²) < 4.78 is 0. The number of hydrogen-bond donors (Lipinski definition) is 1. The smallest absolute Gasteiger partial charge is 0.244 e. The zero-order valence-corrected chi connectivity index (χ0v) is 7.88. The maximum atomic E-state index is 11.4. The lowest BCUT2D eigenvalue weighted by Crippen LogP contribution is -2.27. The molecule has 0 aromatic carbocycles. The van der Waals surface area contributed by atoms with E-state index in [2.05, 4.69) is 20.5 Å². The molecule has 0 fully saturated rings. The molecular weight excluding hydrogens is 192 g/mol. The second-order valence-electron chi connectivity index (χ2n) is 3.36. The van der Waals surface area contributed by atoms with Crippen molar-refractivity contribution in [1.82, 2.24) is 15.2 Å². The van der Waals surface area contributed by atoms with Crippen molar-refractivity contribution in [2.45, 2.75) is 19.3 Å². The van der Waals surface area contributed by atoms with Gasteiger partial charge < -0.3 is 5.32 Å². The summed E-state index contributed by atoms with van der Waals surface area (Å²) in [5.74, 6) is 0.279. The van der Waals surface area contributed by atoms with Gasteiger partial charge in [-0.1, -0.05) is 0 Å². The molecule has 0 aliphatic carbocycles. The van der Waals surface area contributed by atoms with Crippen LogP contribution in [0.25, 0.3) is 0 Å². The summed E-state index contributed by atoms with van der Waals surface area (Å²) in [6.07, 6.45) is 0. The van der Waals surface area contributed by atoms with Crippen molar-refractivity contribution in [3.05, 3.63) is 11.0 Å². The molecule has 0 radical (unpaired) electrons. The number of anilines is 1. The van der Waals surface area contributed by atoms with Gasteiger partial charge >= 0.3 is 0 Å². The SMILES string of the molecule is CC1(C)C(=O)Nc2nc(Cl)nnc21. The minimum atomic E-state index is -0.667. The van der Waals surface area contributed by atoms with Crippen LogP contribution in [0.3, 0.4) is 0 Å². The van der Waals surface area contributed by atoms with Crippen LogP contribution in [0.1, 0.15) is 19.5 Å². The van der Waals surface area contributed by atoms with Crippen LogP contribution in [-0.2, 0) is 10.2 Å². The molecule has 0 saturated carbocycles. The predicted octanol–water partition coefficient (Wildman–Crippen LogP) is 0.755. The summed E-state index contributed by atoms with van der Waals surface area (Å²) in [5.41, 5.74) is -0.123. The van der Waals surface area contributed by atoms with Gasteiger partial charge in [-0.15, -0.1) is 10.2 Å². The van der Waals surface area contributed by atoms with E-state index in [-0.39, 0.29) is 11.2 Å². The highest BCUT2D eigenvalue weighted by Gasteiger charge is 2.41. The molecule has 0 spiro atoms. The van der Waals surface area contributed by atoms with Crippen LogP contribution in [0, 0.1) is 0 Å². The average molecular weight is 199 g/mol. The van der Waals surface area contributed by atoms with Gasteiger partial charge in [-0.3, -0.25) is 4.79 Å². The Morgan fingerprint density at radius 2 is 2.08 bits per heavy atom. The summed E-state index contributed by atoms with van der Waals surface area (Å²) in [7, 11) is 0. The van der Waals surface area contributed by atoms with Crippen LogP contribution in [0.15, 0.2) is 0 Å². The Hall–Kier alpha value is -1.23. The van der Waals surface area contributed by atoms with Crippen LogP contribution in [0.2, 0.25) is 5.28 Å². The van der Waals surface area contributed by atoms with Crippen LogP contribution in [0.4, 0.5) is 5.82 Å².